The fraction of sp³-hybridized carbons (Fsp3) is 0.438. The summed E-state index contributed by atoms with van der Waals surface area (Å²) in [5.41, 5.74) is 2.34. The Morgan fingerprint density at radius 1 is 1.43 bits per heavy atom. The van der Waals surface area contributed by atoms with Crippen molar-refractivity contribution in [3.05, 3.63) is 34.9 Å². The molecule has 1 saturated heterocycles. The van der Waals surface area contributed by atoms with E-state index in [4.69, 9.17) is 16.3 Å². The maximum Gasteiger partial charge on any atom is 0.251 e. The standard InChI is InChI=1S/C16H21ClN2O2/c1-3-5-12(2)16(20)18-14-7-4-6-13(17)15(14)19-8-10-21-11-9-19/h4-7H,3,8-11H2,1-2H3,(H,18,20). The lowest BCUT2D eigenvalue weighted by molar-refractivity contribution is -0.112. The lowest BCUT2D eigenvalue weighted by Crippen LogP contribution is -2.37. The molecule has 1 aliphatic rings. The van der Waals surface area contributed by atoms with Gasteiger partial charge in [-0.25, -0.2) is 0 Å². The second kappa shape index (κ2) is 7.48. The average molecular weight is 309 g/mol. The molecule has 21 heavy (non-hydrogen) atoms. The minimum Gasteiger partial charge on any atom is -0.378 e. The van der Waals surface area contributed by atoms with Gasteiger partial charge in [-0.05, 0) is 25.5 Å². The lowest BCUT2D eigenvalue weighted by Gasteiger charge is -2.31. The van der Waals surface area contributed by atoms with Crippen molar-refractivity contribution < 1.29 is 9.53 Å². The van der Waals surface area contributed by atoms with Crippen molar-refractivity contribution in [2.75, 3.05) is 36.5 Å². The number of para-hydroxylation sites is 1. The Hall–Kier alpha value is -1.52. The smallest absolute Gasteiger partial charge is 0.251 e. The first-order valence-corrected chi connectivity index (χ1v) is 7.60. The topological polar surface area (TPSA) is 41.6 Å². The molecule has 114 valence electrons. The molecule has 1 aromatic rings. The highest BCUT2D eigenvalue weighted by Gasteiger charge is 2.19. The fourth-order valence-electron chi connectivity index (χ4n) is 2.34. The van der Waals surface area contributed by atoms with Crippen LogP contribution in [0.5, 0.6) is 0 Å². The van der Waals surface area contributed by atoms with Crippen molar-refractivity contribution in [2.24, 2.45) is 0 Å². The first-order valence-electron chi connectivity index (χ1n) is 7.22. The van der Waals surface area contributed by atoms with Gasteiger partial charge in [-0.3, -0.25) is 4.79 Å². The van der Waals surface area contributed by atoms with Crippen LogP contribution in [-0.2, 0) is 9.53 Å². The SMILES string of the molecule is CCC=C(C)C(=O)Nc1cccc(Cl)c1N1CCOCC1. The molecule has 2 rings (SSSR count). The van der Waals surface area contributed by atoms with Crippen LogP contribution in [-0.4, -0.2) is 32.2 Å². The van der Waals surface area contributed by atoms with Crippen molar-refractivity contribution in [2.45, 2.75) is 20.3 Å². The summed E-state index contributed by atoms with van der Waals surface area (Å²) in [6.45, 7) is 6.72. The number of benzene rings is 1. The van der Waals surface area contributed by atoms with Crippen LogP contribution in [0.25, 0.3) is 0 Å². The molecule has 1 aromatic carbocycles. The molecule has 0 aliphatic carbocycles. The summed E-state index contributed by atoms with van der Waals surface area (Å²) in [4.78, 5) is 14.3. The van der Waals surface area contributed by atoms with Crippen molar-refractivity contribution in [3.63, 3.8) is 0 Å². The number of hydrogen-bond donors (Lipinski definition) is 1. The van der Waals surface area contributed by atoms with Gasteiger partial charge in [0.1, 0.15) is 0 Å². The number of carbonyl (C=O) groups excluding carboxylic acids is 1. The molecule has 1 fully saturated rings. The van der Waals surface area contributed by atoms with Crippen LogP contribution in [0.4, 0.5) is 11.4 Å². The molecule has 1 heterocycles. The molecule has 5 heteroatoms. The quantitative estimate of drug-likeness (QED) is 0.866. The van der Waals surface area contributed by atoms with Crippen LogP contribution >= 0.6 is 11.6 Å². The highest BCUT2D eigenvalue weighted by molar-refractivity contribution is 6.34. The number of amides is 1. The van der Waals surface area contributed by atoms with E-state index in [0.29, 0.717) is 23.8 Å². The van der Waals surface area contributed by atoms with Gasteiger partial charge in [0.15, 0.2) is 0 Å². The van der Waals surface area contributed by atoms with Gasteiger partial charge >= 0.3 is 0 Å². The van der Waals surface area contributed by atoms with Crippen molar-refractivity contribution in [3.8, 4) is 0 Å². The summed E-state index contributed by atoms with van der Waals surface area (Å²) < 4.78 is 5.37. The average Bonchev–Trinajstić information content (AvgIpc) is 2.48. The van der Waals surface area contributed by atoms with Gasteiger partial charge in [0.2, 0.25) is 0 Å². The molecular weight excluding hydrogens is 288 g/mol. The Kier molecular flexibility index (Phi) is 5.65. The van der Waals surface area contributed by atoms with E-state index in [-0.39, 0.29) is 5.91 Å². The second-order valence-corrected chi connectivity index (χ2v) is 5.39. The van der Waals surface area contributed by atoms with E-state index >= 15 is 0 Å². The Morgan fingerprint density at radius 3 is 2.81 bits per heavy atom. The van der Waals surface area contributed by atoms with E-state index in [9.17, 15) is 4.79 Å². The van der Waals surface area contributed by atoms with Gasteiger partial charge < -0.3 is 15.0 Å². The number of ether oxygens (including phenoxy) is 1. The molecule has 0 unspecified atom stereocenters. The highest BCUT2D eigenvalue weighted by Crippen LogP contribution is 2.34. The molecule has 1 amide bonds. The molecule has 1 N–H and O–H groups in total. The van der Waals surface area contributed by atoms with Crippen LogP contribution in [0.3, 0.4) is 0 Å². The number of morpholine rings is 1. The largest absolute Gasteiger partial charge is 0.378 e. The molecule has 0 saturated carbocycles. The number of anilines is 2. The van der Waals surface area contributed by atoms with Crippen LogP contribution in [0, 0.1) is 0 Å². The van der Waals surface area contributed by atoms with Crippen molar-refractivity contribution >= 4 is 28.9 Å². The first kappa shape index (κ1) is 15.9. The molecule has 4 nitrogen and oxygen atoms in total. The summed E-state index contributed by atoms with van der Waals surface area (Å²) in [5, 5.41) is 3.60. The minimum atomic E-state index is -0.0892. The zero-order valence-electron chi connectivity index (χ0n) is 12.5. The van der Waals surface area contributed by atoms with Gasteiger partial charge in [0.05, 0.1) is 29.6 Å². The summed E-state index contributed by atoms with van der Waals surface area (Å²) in [7, 11) is 0. The number of hydrogen-bond acceptors (Lipinski definition) is 3. The van der Waals surface area contributed by atoms with Gasteiger partial charge in [0.25, 0.3) is 5.91 Å². The van der Waals surface area contributed by atoms with Crippen molar-refractivity contribution in [1.82, 2.24) is 0 Å². The van der Waals surface area contributed by atoms with Crippen LogP contribution in [0.2, 0.25) is 5.02 Å². The Bertz CT molecular complexity index is 537. The normalized spacial score (nSPS) is 16.0. The third-order valence-corrected chi connectivity index (χ3v) is 3.74. The molecule has 0 bridgehead atoms. The number of nitrogens with one attached hydrogen (secondary N) is 1. The van der Waals surface area contributed by atoms with Crippen LogP contribution < -0.4 is 10.2 Å². The Morgan fingerprint density at radius 2 is 2.14 bits per heavy atom. The van der Waals surface area contributed by atoms with E-state index in [2.05, 4.69) is 10.2 Å². The predicted octanol–water partition coefficient (Wildman–Crippen LogP) is 3.47. The number of nitrogens with zero attached hydrogens (tertiary/aromatic N) is 1. The Balaban J connectivity index is 2.25. The number of halogens is 1. The first-order chi connectivity index (χ1) is 10.1. The third kappa shape index (κ3) is 3.99. The van der Waals surface area contributed by atoms with E-state index in [0.717, 1.165) is 30.9 Å². The van der Waals surface area contributed by atoms with Crippen molar-refractivity contribution in [1.29, 1.82) is 0 Å². The molecule has 0 spiro atoms. The highest BCUT2D eigenvalue weighted by atomic mass is 35.5. The number of allylic oxidation sites excluding steroid dienone is 1. The van der Waals surface area contributed by atoms with E-state index in [1.165, 1.54) is 0 Å². The summed E-state index contributed by atoms with van der Waals surface area (Å²) >= 11 is 6.34. The van der Waals surface area contributed by atoms with Gasteiger partial charge in [-0.15, -0.1) is 0 Å². The second-order valence-electron chi connectivity index (χ2n) is 4.98. The van der Waals surface area contributed by atoms with Crippen LogP contribution in [0.15, 0.2) is 29.8 Å². The lowest BCUT2D eigenvalue weighted by atomic mass is 10.2. The predicted molar refractivity (Wildman–Crippen MR) is 87.2 cm³/mol. The fourth-order valence-corrected chi connectivity index (χ4v) is 2.64. The molecule has 1 aliphatic heterocycles. The van der Waals surface area contributed by atoms with E-state index in [1.807, 2.05) is 38.1 Å². The zero-order valence-corrected chi connectivity index (χ0v) is 13.2. The summed E-state index contributed by atoms with van der Waals surface area (Å²) in [6.07, 6.45) is 2.75. The van der Waals surface area contributed by atoms with Gasteiger partial charge in [0, 0.05) is 18.7 Å². The minimum absolute atomic E-state index is 0.0892. The molecular formula is C16H21ClN2O2. The van der Waals surface area contributed by atoms with E-state index < -0.39 is 0 Å². The third-order valence-electron chi connectivity index (χ3n) is 3.43. The Labute approximate surface area is 130 Å². The maximum absolute atomic E-state index is 12.2. The number of rotatable bonds is 4. The molecule has 0 radical (unpaired) electrons. The van der Waals surface area contributed by atoms with Gasteiger partial charge in [-0.1, -0.05) is 30.7 Å². The molecule has 0 aromatic heterocycles. The number of carbonyl (C=O) groups is 1. The summed E-state index contributed by atoms with van der Waals surface area (Å²) in [5.74, 6) is -0.0892. The zero-order chi connectivity index (χ0) is 15.2. The molecule has 0 atom stereocenters. The van der Waals surface area contributed by atoms with Crippen LogP contribution in [0.1, 0.15) is 20.3 Å². The summed E-state index contributed by atoms with van der Waals surface area (Å²) in [6, 6.07) is 5.57. The van der Waals surface area contributed by atoms with E-state index in [1.54, 1.807) is 0 Å². The monoisotopic (exact) mass is 308 g/mol. The van der Waals surface area contributed by atoms with Gasteiger partial charge in [-0.2, -0.15) is 0 Å². The maximum atomic E-state index is 12.2.